The zero-order valence-electron chi connectivity index (χ0n) is 41.1. The van der Waals surface area contributed by atoms with Crippen molar-refractivity contribution in [1.29, 1.82) is 0 Å². The number of carboxylic acid groups (broad SMARTS) is 1. The van der Waals surface area contributed by atoms with E-state index < -0.39 is 18.1 Å². The third-order valence-corrected chi connectivity index (χ3v) is 11.5. The van der Waals surface area contributed by atoms with Crippen molar-refractivity contribution in [3.63, 3.8) is 0 Å². The molecule has 0 bridgehead atoms. The second kappa shape index (κ2) is 44.9. The molecule has 0 saturated carbocycles. The summed E-state index contributed by atoms with van der Waals surface area (Å²) < 4.78 is 17.4. The lowest BCUT2D eigenvalue weighted by molar-refractivity contribution is -0.887. The van der Waals surface area contributed by atoms with Crippen LogP contribution in [0.5, 0.6) is 0 Å². The first-order valence-electron chi connectivity index (χ1n) is 25.7. The Morgan fingerprint density at radius 1 is 0.500 bits per heavy atom. The van der Waals surface area contributed by atoms with Crippen LogP contribution < -0.4 is 0 Å². The average Bonchev–Trinajstić information content (AvgIpc) is 3.23. The fraction of sp³-hybridized carbons (Fsp3) is 0.796. The van der Waals surface area contributed by atoms with Crippen molar-refractivity contribution in [2.45, 2.75) is 238 Å². The Labute approximate surface area is 382 Å². The lowest BCUT2D eigenvalue weighted by Crippen LogP contribution is -2.50. The van der Waals surface area contributed by atoms with Crippen molar-refractivity contribution in [2.75, 3.05) is 41.0 Å². The molecule has 0 rings (SSSR count). The maximum Gasteiger partial charge on any atom is 0.362 e. The Balaban J connectivity index is 4.26. The van der Waals surface area contributed by atoms with E-state index in [4.69, 9.17) is 14.2 Å². The topological polar surface area (TPSA) is 99.1 Å². The lowest BCUT2D eigenvalue weighted by Gasteiger charge is -2.31. The van der Waals surface area contributed by atoms with Crippen molar-refractivity contribution in [2.24, 2.45) is 0 Å². The average molecular weight is 873 g/mol. The number of quaternary nitrogens is 1. The van der Waals surface area contributed by atoms with Crippen molar-refractivity contribution >= 4 is 17.9 Å². The number of rotatable bonds is 46. The second-order valence-electron chi connectivity index (χ2n) is 18.4. The quantitative estimate of drug-likeness (QED) is 0.0281. The Bertz CT molecular complexity index is 1150. The van der Waals surface area contributed by atoms with Gasteiger partial charge in [0.25, 0.3) is 0 Å². The maximum absolute atomic E-state index is 12.8. The first-order valence-corrected chi connectivity index (χ1v) is 25.7. The molecule has 0 amide bonds. The predicted octanol–water partition coefficient (Wildman–Crippen LogP) is 14.8. The zero-order chi connectivity index (χ0) is 45.6. The number of hydrogen-bond acceptors (Lipinski definition) is 6. The monoisotopic (exact) mass is 873 g/mol. The van der Waals surface area contributed by atoms with Gasteiger partial charge in [0.05, 0.1) is 34.4 Å². The maximum atomic E-state index is 12.8. The summed E-state index contributed by atoms with van der Waals surface area (Å²) in [6.07, 6.45) is 54.4. The standard InChI is InChI=1S/C54H97NO7/c1-6-8-10-12-14-16-18-20-22-24-26-28-30-32-34-36-38-40-42-44-52(56)61-49-50(48-60-47-46-51(54(58)59)55(3,4)5)62-53(57)45-43-41-39-37-35-33-31-29-27-25-23-21-19-17-15-13-11-9-7-2/h9,11,15,17,21,23,27,29,50-51H,6-8,10,12-14,16,18-20,22,24-26,28,30-49H2,1-5H3/p+1/b11-9-,17-15-,23-21-,29-27-. The van der Waals surface area contributed by atoms with Gasteiger partial charge < -0.3 is 23.8 Å². The Morgan fingerprint density at radius 2 is 0.903 bits per heavy atom. The van der Waals surface area contributed by atoms with Gasteiger partial charge in [-0.15, -0.1) is 0 Å². The first-order chi connectivity index (χ1) is 30.1. The second-order valence-corrected chi connectivity index (χ2v) is 18.4. The fourth-order valence-electron chi connectivity index (χ4n) is 7.55. The number of allylic oxidation sites excluding steroid dienone is 8. The van der Waals surface area contributed by atoms with Gasteiger partial charge in [-0.2, -0.15) is 0 Å². The third-order valence-electron chi connectivity index (χ3n) is 11.5. The van der Waals surface area contributed by atoms with Crippen LogP contribution >= 0.6 is 0 Å². The van der Waals surface area contributed by atoms with E-state index in [9.17, 15) is 19.5 Å². The van der Waals surface area contributed by atoms with Crippen molar-refractivity contribution < 1.29 is 38.2 Å². The number of carbonyl (C=O) groups excluding carboxylic acids is 2. The molecule has 360 valence electrons. The minimum Gasteiger partial charge on any atom is -0.477 e. The molecule has 0 heterocycles. The molecule has 2 atom stereocenters. The molecule has 0 radical (unpaired) electrons. The van der Waals surface area contributed by atoms with Crippen LogP contribution in [-0.4, -0.2) is 80.6 Å². The molecule has 0 saturated heterocycles. The summed E-state index contributed by atoms with van der Waals surface area (Å²) in [6.45, 7) is 4.64. The number of esters is 2. The van der Waals surface area contributed by atoms with Gasteiger partial charge in [0, 0.05) is 19.3 Å². The fourth-order valence-corrected chi connectivity index (χ4v) is 7.55. The van der Waals surface area contributed by atoms with Crippen molar-refractivity contribution in [1.82, 2.24) is 0 Å². The summed E-state index contributed by atoms with van der Waals surface area (Å²) in [7, 11) is 5.53. The number of carboxylic acids is 1. The van der Waals surface area contributed by atoms with E-state index in [1.807, 2.05) is 21.1 Å². The van der Waals surface area contributed by atoms with Crippen LogP contribution in [-0.2, 0) is 28.6 Å². The van der Waals surface area contributed by atoms with Crippen LogP contribution in [0.1, 0.15) is 226 Å². The van der Waals surface area contributed by atoms with E-state index in [-0.39, 0.29) is 36.2 Å². The van der Waals surface area contributed by atoms with E-state index in [0.717, 1.165) is 77.0 Å². The van der Waals surface area contributed by atoms with Gasteiger partial charge in [-0.3, -0.25) is 9.59 Å². The lowest BCUT2D eigenvalue weighted by atomic mass is 10.0. The van der Waals surface area contributed by atoms with E-state index in [1.165, 1.54) is 116 Å². The molecular weight excluding hydrogens is 775 g/mol. The number of hydrogen-bond donors (Lipinski definition) is 1. The van der Waals surface area contributed by atoms with Crippen LogP contribution in [0.4, 0.5) is 0 Å². The van der Waals surface area contributed by atoms with Gasteiger partial charge in [-0.25, -0.2) is 4.79 Å². The number of ether oxygens (including phenoxy) is 3. The van der Waals surface area contributed by atoms with Gasteiger partial charge in [0.2, 0.25) is 0 Å². The molecule has 8 heteroatoms. The molecule has 0 aromatic carbocycles. The predicted molar refractivity (Wildman–Crippen MR) is 261 cm³/mol. The van der Waals surface area contributed by atoms with Gasteiger partial charge in [-0.1, -0.05) is 204 Å². The zero-order valence-corrected chi connectivity index (χ0v) is 41.1. The summed E-state index contributed by atoms with van der Waals surface area (Å²) in [5, 5.41) is 9.65. The normalized spacial score (nSPS) is 13.2. The number of unbranched alkanes of at least 4 members (excludes halogenated alkanes) is 24. The van der Waals surface area contributed by atoms with Crippen LogP contribution in [0.15, 0.2) is 48.6 Å². The van der Waals surface area contributed by atoms with Gasteiger partial charge in [0.15, 0.2) is 12.1 Å². The van der Waals surface area contributed by atoms with Gasteiger partial charge in [-0.05, 0) is 51.4 Å². The molecule has 1 N–H and O–H groups in total. The molecule has 0 aliphatic carbocycles. The van der Waals surface area contributed by atoms with E-state index in [0.29, 0.717) is 19.3 Å². The minimum absolute atomic E-state index is 0.0549. The van der Waals surface area contributed by atoms with Crippen LogP contribution in [0.2, 0.25) is 0 Å². The minimum atomic E-state index is -0.876. The molecule has 0 aliphatic rings. The molecule has 62 heavy (non-hydrogen) atoms. The van der Waals surface area contributed by atoms with E-state index >= 15 is 0 Å². The van der Waals surface area contributed by atoms with E-state index in [1.54, 1.807) is 0 Å². The molecule has 0 aliphatic heterocycles. The van der Waals surface area contributed by atoms with Crippen LogP contribution in [0, 0.1) is 0 Å². The summed E-state index contributed by atoms with van der Waals surface area (Å²) >= 11 is 0. The molecule has 0 aromatic rings. The highest BCUT2D eigenvalue weighted by molar-refractivity contribution is 5.72. The Hall–Kier alpha value is -2.71. The summed E-state index contributed by atoms with van der Waals surface area (Å²) in [5.74, 6) is -1.47. The molecule has 2 unspecified atom stereocenters. The molecule has 0 fully saturated rings. The molecular formula is C54H98NO7+. The van der Waals surface area contributed by atoms with E-state index in [2.05, 4.69) is 62.5 Å². The largest absolute Gasteiger partial charge is 0.477 e. The van der Waals surface area contributed by atoms with Gasteiger partial charge >= 0.3 is 17.9 Å². The molecule has 0 aromatic heterocycles. The van der Waals surface area contributed by atoms with Crippen molar-refractivity contribution in [3.8, 4) is 0 Å². The Morgan fingerprint density at radius 3 is 1.34 bits per heavy atom. The SMILES string of the molecule is CC/C=C\C/C=C\C/C=C\C/C=C\CCCCCCCCC(=O)OC(COCCC(C(=O)O)[N+](C)(C)C)COC(=O)CCCCCCCCCCCCCCCCCCCCC. The summed E-state index contributed by atoms with van der Waals surface area (Å²) in [4.78, 5) is 37.2. The number of carbonyl (C=O) groups is 3. The van der Waals surface area contributed by atoms with Crippen LogP contribution in [0.25, 0.3) is 0 Å². The van der Waals surface area contributed by atoms with Crippen LogP contribution in [0.3, 0.4) is 0 Å². The smallest absolute Gasteiger partial charge is 0.362 e. The highest BCUT2D eigenvalue weighted by Gasteiger charge is 2.31. The number of likely N-dealkylation sites (N-methyl/N-ethyl adjacent to an activating group) is 1. The number of aliphatic carboxylic acids is 1. The third kappa shape index (κ3) is 42.6. The first kappa shape index (κ1) is 59.3. The molecule has 8 nitrogen and oxygen atoms in total. The summed E-state index contributed by atoms with van der Waals surface area (Å²) in [5.41, 5.74) is 0. The van der Waals surface area contributed by atoms with Crippen molar-refractivity contribution in [3.05, 3.63) is 48.6 Å². The highest BCUT2D eigenvalue weighted by Crippen LogP contribution is 2.16. The molecule has 0 spiro atoms. The van der Waals surface area contributed by atoms with Gasteiger partial charge in [0.1, 0.15) is 6.61 Å². The summed E-state index contributed by atoms with van der Waals surface area (Å²) in [6, 6.07) is -0.618. The highest BCUT2D eigenvalue weighted by atomic mass is 16.6. The Kier molecular flexibility index (Phi) is 42.9. The number of nitrogens with zero attached hydrogens (tertiary/aromatic N) is 1.